The number of carbonyl (C=O) groups excluding carboxylic acids is 6. The number of aliphatic hydroxyl groups is 2. The molecule has 6 amide bonds. The summed E-state index contributed by atoms with van der Waals surface area (Å²) in [6.07, 6.45) is 6.29. The van der Waals surface area contributed by atoms with Gasteiger partial charge < -0.3 is 47.0 Å². The molecule has 1 saturated carbocycles. The second-order valence-electron chi connectivity index (χ2n) is 23.5. The van der Waals surface area contributed by atoms with Crippen LogP contribution in [0.25, 0.3) is 0 Å². The van der Waals surface area contributed by atoms with Gasteiger partial charge in [0.1, 0.15) is 36.1 Å². The van der Waals surface area contributed by atoms with Crippen LogP contribution in [0.5, 0.6) is 0 Å². The fraction of sp³-hybridized carbons (Fsp3) is 0.882. The normalized spacial score (nSPS) is 17.3. The van der Waals surface area contributed by atoms with Crippen LogP contribution in [0.15, 0.2) is 0 Å². The Morgan fingerprint density at radius 3 is 1.49 bits per heavy atom. The third kappa shape index (κ3) is 24.0. The van der Waals surface area contributed by atoms with Crippen molar-refractivity contribution in [1.82, 2.24) is 47.4 Å². The Morgan fingerprint density at radius 2 is 1.00 bits per heavy atom. The third-order valence-corrected chi connectivity index (χ3v) is 12.6. The van der Waals surface area contributed by atoms with Gasteiger partial charge in [-0.3, -0.25) is 39.4 Å². The molecule has 1 rings (SSSR count). The summed E-state index contributed by atoms with van der Waals surface area (Å²) in [5.74, 6) is -2.02. The SMILES string of the molecule is CC(C)CCC(=O)N[C@@H](CCC1CCCCC1)C(=O)N[C@@H](CC(C)C)C(=O)NC(C)(C)C(O)N[C@@H](CC(C)C)C(=O)N[C@@H](CC(C)C)C(=O)NC(C)(C)C(=O)NC(C)(C)C(O)N[C@@H](C)CN(C)C. The lowest BCUT2D eigenvalue weighted by atomic mass is 9.85. The Kier molecular flexibility index (Phi) is 26.8. The Morgan fingerprint density at radius 1 is 0.544 bits per heavy atom. The summed E-state index contributed by atoms with van der Waals surface area (Å²) in [7, 11) is 3.85. The lowest BCUT2D eigenvalue weighted by molar-refractivity contribution is -0.137. The molecule has 0 spiro atoms. The van der Waals surface area contributed by atoms with Crippen LogP contribution in [0.4, 0.5) is 0 Å². The minimum absolute atomic E-state index is 0.0117. The number of aliphatic hydroxyl groups excluding tert-OH is 2. The van der Waals surface area contributed by atoms with E-state index in [0.29, 0.717) is 44.1 Å². The highest BCUT2D eigenvalue weighted by Crippen LogP contribution is 2.28. The van der Waals surface area contributed by atoms with Crippen molar-refractivity contribution in [2.45, 2.75) is 240 Å². The minimum atomic E-state index is -1.46. The molecule has 1 aliphatic carbocycles. The molecule has 2 unspecified atom stereocenters. The summed E-state index contributed by atoms with van der Waals surface area (Å²) in [5.41, 5.74) is -3.91. The number of likely N-dealkylation sites (N-methyl/N-ethyl adjacent to an activating group) is 1. The van der Waals surface area contributed by atoms with E-state index in [0.717, 1.165) is 32.1 Å². The monoisotopic (exact) mass is 966 g/mol. The van der Waals surface area contributed by atoms with E-state index in [1.54, 1.807) is 41.5 Å². The molecule has 0 aromatic heterocycles. The first-order valence-corrected chi connectivity index (χ1v) is 25.7. The molecule has 1 aliphatic rings. The fourth-order valence-electron chi connectivity index (χ4n) is 8.43. The van der Waals surface area contributed by atoms with Crippen molar-refractivity contribution < 1.29 is 39.0 Å². The molecule has 0 bridgehead atoms. The van der Waals surface area contributed by atoms with Gasteiger partial charge in [-0.05, 0) is 131 Å². The minimum Gasteiger partial charge on any atom is -0.376 e. The van der Waals surface area contributed by atoms with Gasteiger partial charge in [-0.15, -0.1) is 0 Å². The summed E-state index contributed by atoms with van der Waals surface area (Å²) in [6, 6.07) is -3.89. The summed E-state index contributed by atoms with van der Waals surface area (Å²) >= 11 is 0. The maximum Gasteiger partial charge on any atom is 0.245 e. The molecule has 1 fully saturated rings. The van der Waals surface area contributed by atoms with E-state index in [4.69, 9.17) is 0 Å². The standard InChI is InChI=1S/C51H99N9O8/c1-31(2)23-26-41(61)53-37(25-24-36-21-19-18-20-22-36)42(62)54-39(28-33(5)6)44(64)57-49(10,11)47(67)56-38(27-32(3)4)43(63)55-40(29-34(7)8)45(65)58-51(14,15)48(68)59-50(12,13)46(66)52-35(9)30-60(16)17/h31-40,46-47,52,56,66-67H,18-30H2,1-17H3,(H,53,61)(H,54,62)(H,55,63)(H,57,64)(H,58,65)(H,59,68)/t35-,37-,38-,39-,40-,46?,47?/m0/s1. The van der Waals surface area contributed by atoms with Crippen LogP contribution in [0.2, 0.25) is 0 Å². The van der Waals surface area contributed by atoms with Crippen molar-refractivity contribution in [3.63, 3.8) is 0 Å². The zero-order valence-electron chi connectivity index (χ0n) is 45.4. The van der Waals surface area contributed by atoms with Crippen LogP contribution < -0.4 is 42.5 Å². The summed E-state index contributed by atoms with van der Waals surface area (Å²) in [4.78, 5) is 84.9. The number of hydrogen-bond acceptors (Lipinski definition) is 11. The molecule has 17 nitrogen and oxygen atoms in total. The Hall–Kier alpha value is -3.38. The van der Waals surface area contributed by atoms with E-state index < -0.39 is 82.8 Å². The quantitative estimate of drug-likeness (QED) is 0.0442. The van der Waals surface area contributed by atoms with Gasteiger partial charge in [0.05, 0.1) is 17.1 Å². The first-order chi connectivity index (χ1) is 31.3. The van der Waals surface area contributed by atoms with Gasteiger partial charge in [0.25, 0.3) is 0 Å². The lowest BCUT2D eigenvalue weighted by Crippen LogP contribution is -2.67. The van der Waals surface area contributed by atoms with Crippen LogP contribution in [0.3, 0.4) is 0 Å². The molecule has 7 atom stereocenters. The van der Waals surface area contributed by atoms with Crippen molar-refractivity contribution in [3.05, 3.63) is 0 Å². The Balaban J connectivity index is 3.23. The fourth-order valence-corrected chi connectivity index (χ4v) is 8.43. The van der Waals surface area contributed by atoms with Gasteiger partial charge in [0.2, 0.25) is 35.4 Å². The summed E-state index contributed by atoms with van der Waals surface area (Å²) in [5, 5.41) is 46.1. The van der Waals surface area contributed by atoms with Crippen molar-refractivity contribution in [2.24, 2.45) is 29.6 Å². The molecule has 68 heavy (non-hydrogen) atoms. The van der Waals surface area contributed by atoms with Crippen molar-refractivity contribution in [2.75, 3.05) is 20.6 Å². The van der Waals surface area contributed by atoms with Gasteiger partial charge in [0, 0.05) is 19.0 Å². The van der Waals surface area contributed by atoms with E-state index in [9.17, 15) is 39.0 Å². The van der Waals surface area contributed by atoms with E-state index >= 15 is 0 Å². The molecule has 10 N–H and O–H groups in total. The average Bonchev–Trinajstić information content (AvgIpc) is 3.19. The van der Waals surface area contributed by atoms with Crippen LogP contribution >= 0.6 is 0 Å². The van der Waals surface area contributed by atoms with Crippen LogP contribution in [0.1, 0.15) is 181 Å². The molecular formula is C51H99N9O8. The molecule has 17 heteroatoms. The third-order valence-electron chi connectivity index (χ3n) is 12.6. The zero-order chi connectivity index (χ0) is 52.3. The van der Waals surface area contributed by atoms with Gasteiger partial charge >= 0.3 is 0 Å². The molecule has 0 aromatic rings. The molecule has 0 saturated heterocycles. The molecule has 0 radical (unpaired) electrons. The topological polar surface area (TPSA) is 242 Å². The molecule has 0 aromatic carbocycles. The second-order valence-corrected chi connectivity index (χ2v) is 23.5. The van der Waals surface area contributed by atoms with Crippen molar-refractivity contribution in [1.29, 1.82) is 0 Å². The summed E-state index contributed by atoms with van der Waals surface area (Å²) < 4.78 is 0. The molecular weight excluding hydrogens is 867 g/mol. The number of nitrogens with zero attached hydrogens (tertiary/aromatic N) is 1. The highest BCUT2D eigenvalue weighted by atomic mass is 16.3. The lowest BCUT2D eigenvalue weighted by Gasteiger charge is -2.38. The zero-order valence-corrected chi connectivity index (χ0v) is 45.4. The van der Waals surface area contributed by atoms with Gasteiger partial charge in [-0.25, -0.2) is 0 Å². The van der Waals surface area contributed by atoms with Crippen molar-refractivity contribution in [3.8, 4) is 0 Å². The maximum absolute atomic E-state index is 14.1. The average molecular weight is 966 g/mol. The van der Waals surface area contributed by atoms with Crippen LogP contribution in [0, 0.1) is 29.6 Å². The Labute approximate surface area is 411 Å². The molecule has 396 valence electrons. The predicted molar refractivity (Wildman–Crippen MR) is 271 cm³/mol. The van der Waals surface area contributed by atoms with Gasteiger partial charge in [-0.2, -0.15) is 0 Å². The number of nitrogens with one attached hydrogen (secondary N) is 8. The van der Waals surface area contributed by atoms with E-state index in [1.165, 1.54) is 6.42 Å². The predicted octanol–water partition coefficient (Wildman–Crippen LogP) is 4.19. The first kappa shape index (κ1) is 62.6. The smallest absolute Gasteiger partial charge is 0.245 e. The highest BCUT2D eigenvalue weighted by molar-refractivity contribution is 5.95. The van der Waals surface area contributed by atoms with Crippen molar-refractivity contribution >= 4 is 35.4 Å². The number of carbonyl (C=O) groups is 6. The molecule has 0 aliphatic heterocycles. The first-order valence-electron chi connectivity index (χ1n) is 25.7. The highest BCUT2D eigenvalue weighted by Gasteiger charge is 2.40. The van der Waals surface area contributed by atoms with E-state index in [-0.39, 0.29) is 42.5 Å². The molecule has 0 heterocycles. The van der Waals surface area contributed by atoms with E-state index in [1.807, 2.05) is 81.3 Å². The second kappa shape index (κ2) is 29.1. The van der Waals surface area contributed by atoms with Crippen LogP contribution in [-0.2, 0) is 28.8 Å². The summed E-state index contributed by atoms with van der Waals surface area (Å²) in [6.45, 7) is 27.9. The van der Waals surface area contributed by atoms with Gasteiger partial charge in [-0.1, -0.05) is 87.5 Å². The maximum atomic E-state index is 14.1. The number of hydrogen-bond donors (Lipinski definition) is 10. The largest absolute Gasteiger partial charge is 0.376 e. The Bertz CT molecular complexity index is 1580. The van der Waals surface area contributed by atoms with Crippen LogP contribution in [-0.4, -0.2) is 130 Å². The number of amides is 6. The number of rotatable bonds is 31. The van der Waals surface area contributed by atoms with E-state index in [2.05, 4.69) is 42.5 Å². The van der Waals surface area contributed by atoms with Gasteiger partial charge in [0.15, 0.2) is 0 Å².